The summed E-state index contributed by atoms with van der Waals surface area (Å²) in [5.41, 5.74) is 1.95. The minimum atomic E-state index is -0.467. The quantitative estimate of drug-likeness (QED) is 0.729. The summed E-state index contributed by atoms with van der Waals surface area (Å²) in [5, 5.41) is 1.10. The summed E-state index contributed by atoms with van der Waals surface area (Å²) < 4.78 is 6.08. The molecule has 1 aliphatic carbocycles. The maximum Gasteiger partial charge on any atom is 0.266 e. The molecular formula is C14H10Cl2NO2+. The van der Waals surface area contributed by atoms with Crippen molar-refractivity contribution in [3.63, 3.8) is 0 Å². The van der Waals surface area contributed by atoms with E-state index in [9.17, 15) is 4.91 Å². The molecule has 0 amide bonds. The summed E-state index contributed by atoms with van der Waals surface area (Å²) in [6, 6.07) is 4.74. The molecule has 0 spiro atoms. The van der Waals surface area contributed by atoms with Gasteiger partial charge in [0.1, 0.15) is 5.75 Å². The predicted octanol–water partition coefficient (Wildman–Crippen LogP) is 4.13. The van der Waals surface area contributed by atoms with E-state index in [1.165, 1.54) is 0 Å². The van der Waals surface area contributed by atoms with Crippen LogP contribution >= 0.6 is 23.2 Å². The standard InChI is InChI=1S/C14H10Cl2NO2/c1-19-9-3-5-12-11(7-9)14(16)10-4-2-8(15)6-13(10)17(12)18/h2-7,13H,1H3/q+1. The average Bonchev–Trinajstić information content (AvgIpc) is 2.44. The zero-order valence-corrected chi connectivity index (χ0v) is 11.6. The first-order valence-electron chi connectivity index (χ1n) is 5.71. The molecule has 2 aliphatic rings. The molecule has 0 N–H and O–H groups in total. The molecule has 19 heavy (non-hydrogen) atoms. The Kier molecular flexibility index (Phi) is 2.96. The maximum absolute atomic E-state index is 12.4. The molecule has 1 unspecified atom stereocenters. The highest BCUT2D eigenvalue weighted by molar-refractivity contribution is 6.50. The van der Waals surface area contributed by atoms with E-state index in [0.29, 0.717) is 27.1 Å². The van der Waals surface area contributed by atoms with Crippen molar-refractivity contribution in [1.82, 2.24) is 0 Å². The van der Waals surface area contributed by atoms with E-state index in [-0.39, 0.29) is 0 Å². The summed E-state index contributed by atoms with van der Waals surface area (Å²) in [4.78, 5) is 12.4. The van der Waals surface area contributed by atoms with E-state index >= 15 is 0 Å². The zero-order valence-electron chi connectivity index (χ0n) is 10.1. The Morgan fingerprint density at radius 2 is 2.05 bits per heavy atom. The lowest BCUT2D eigenvalue weighted by Crippen LogP contribution is -2.26. The number of hydrogen-bond donors (Lipinski definition) is 0. The molecule has 3 nitrogen and oxygen atoms in total. The Balaban J connectivity index is 2.23. The summed E-state index contributed by atoms with van der Waals surface area (Å²) >= 11 is 12.3. The Labute approximate surface area is 120 Å². The number of benzene rings is 1. The van der Waals surface area contributed by atoms with Crippen LogP contribution in [0, 0.1) is 4.91 Å². The predicted molar refractivity (Wildman–Crippen MR) is 75.9 cm³/mol. The van der Waals surface area contributed by atoms with Gasteiger partial charge in [-0.25, -0.2) is 0 Å². The Bertz CT molecular complexity index is 674. The number of fused-ring (bicyclic) bond motifs is 2. The van der Waals surface area contributed by atoms with E-state index in [4.69, 9.17) is 27.9 Å². The number of nitroso groups, excluding NO2 is 1. The van der Waals surface area contributed by atoms with Crippen molar-refractivity contribution in [1.29, 1.82) is 0 Å². The lowest BCUT2D eigenvalue weighted by atomic mass is 9.93. The van der Waals surface area contributed by atoms with Gasteiger partial charge < -0.3 is 4.74 Å². The summed E-state index contributed by atoms with van der Waals surface area (Å²) in [6.45, 7) is 0. The number of ether oxygens (including phenoxy) is 1. The van der Waals surface area contributed by atoms with E-state index in [2.05, 4.69) is 0 Å². The minimum absolute atomic E-state index is 0.467. The van der Waals surface area contributed by atoms with E-state index < -0.39 is 6.04 Å². The smallest absolute Gasteiger partial charge is 0.266 e. The van der Waals surface area contributed by atoms with Crippen LogP contribution in [0.4, 0.5) is 5.69 Å². The molecular weight excluding hydrogens is 285 g/mol. The lowest BCUT2D eigenvalue weighted by molar-refractivity contribution is -0.483. The van der Waals surface area contributed by atoms with Crippen LogP contribution in [-0.4, -0.2) is 17.9 Å². The van der Waals surface area contributed by atoms with Gasteiger partial charge in [-0.05, 0) is 24.3 Å². The van der Waals surface area contributed by atoms with Crippen molar-refractivity contribution in [2.45, 2.75) is 6.04 Å². The Morgan fingerprint density at radius 1 is 1.26 bits per heavy atom. The molecule has 0 fully saturated rings. The topological polar surface area (TPSA) is 29.3 Å². The third-order valence-electron chi connectivity index (χ3n) is 3.24. The first-order valence-corrected chi connectivity index (χ1v) is 6.47. The van der Waals surface area contributed by atoms with E-state index in [1.807, 2.05) is 0 Å². The Morgan fingerprint density at radius 3 is 2.79 bits per heavy atom. The van der Waals surface area contributed by atoms with Crippen LogP contribution in [0.25, 0.3) is 5.03 Å². The summed E-state index contributed by atoms with van der Waals surface area (Å²) in [6.07, 6.45) is 5.21. The molecule has 1 heterocycles. The van der Waals surface area contributed by atoms with Crippen molar-refractivity contribution < 1.29 is 9.50 Å². The molecule has 0 saturated carbocycles. The number of allylic oxidation sites excluding steroid dienone is 2. The third kappa shape index (κ3) is 1.90. The highest BCUT2D eigenvalue weighted by Crippen LogP contribution is 2.43. The Hall–Kier alpha value is -1.58. The fraction of sp³-hybridized carbons (Fsp3) is 0.143. The second kappa shape index (κ2) is 4.51. The van der Waals surface area contributed by atoms with Gasteiger partial charge in [0.2, 0.25) is 0 Å². The monoisotopic (exact) mass is 294 g/mol. The van der Waals surface area contributed by atoms with Crippen molar-refractivity contribution in [3.05, 3.63) is 57.5 Å². The highest BCUT2D eigenvalue weighted by atomic mass is 35.5. The minimum Gasteiger partial charge on any atom is -0.497 e. The molecule has 0 aromatic heterocycles. The second-order valence-electron chi connectivity index (χ2n) is 4.31. The van der Waals surface area contributed by atoms with Crippen molar-refractivity contribution in [2.24, 2.45) is 0 Å². The van der Waals surface area contributed by atoms with Crippen LogP contribution in [0.1, 0.15) is 5.56 Å². The summed E-state index contributed by atoms with van der Waals surface area (Å²) in [5.74, 6) is 0.665. The number of rotatable bonds is 1. The van der Waals surface area contributed by atoms with Crippen LogP contribution in [0.15, 0.2) is 47.0 Å². The maximum atomic E-state index is 12.4. The molecule has 3 rings (SSSR count). The van der Waals surface area contributed by atoms with Gasteiger partial charge in [-0.15, -0.1) is 0 Å². The fourth-order valence-corrected chi connectivity index (χ4v) is 2.79. The number of hydrogen-bond acceptors (Lipinski definition) is 2. The molecule has 1 aromatic rings. The van der Waals surface area contributed by atoms with Crippen LogP contribution in [0.5, 0.6) is 5.75 Å². The van der Waals surface area contributed by atoms with Crippen LogP contribution in [0.3, 0.4) is 0 Å². The third-order valence-corrected chi connectivity index (χ3v) is 3.92. The molecule has 1 aliphatic heterocycles. The molecule has 1 atom stereocenters. The molecule has 96 valence electrons. The van der Waals surface area contributed by atoms with E-state index in [0.717, 1.165) is 10.3 Å². The molecule has 0 radical (unpaired) electrons. The van der Waals surface area contributed by atoms with Gasteiger partial charge in [-0.3, -0.25) is 0 Å². The number of halogens is 2. The highest BCUT2D eigenvalue weighted by Gasteiger charge is 2.40. The number of nitrogens with zero attached hydrogens (tertiary/aromatic N) is 1. The van der Waals surface area contributed by atoms with Crippen molar-refractivity contribution >= 4 is 33.9 Å². The van der Waals surface area contributed by atoms with Gasteiger partial charge in [0.25, 0.3) is 11.7 Å². The molecule has 0 bridgehead atoms. The van der Waals surface area contributed by atoms with Crippen LogP contribution in [0.2, 0.25) is 0 Å². The number of methoxy groups -OCH3 is 1. The average molecular weight is 295 g/mol. The van der Waals surface area contributed by atoms with Crippen molar-refractivity contribution in [2.75, 3.05) is 7.11 Å². The van der Waals surface area contributed by atoms with Gasteiger partial charge in [0.05, 0.1) is 17.7 Å². The SMILES string of the molecule is COc1ccc2c(c1)C(Cl)=C1C=CC(Cl)=CC1[N+]2=O. The normalized spacial score (nSPS) is 20.9. The molecule has 1 aromatic carbocycles. The van der Waals surface area contributed by atoms with Crippen LogP contribution < -0.4 is 4.74 Å². The first-order chi connectivity index (χ1) is 9.11. The molecule has 5 heteroatoms. The lowest BCUT2D eigenvalue weighted by Gasteiger charge is -2.19. The van der Waals surface area contributed by atoms with E-state index in [1.54, 1.807) is 43.5 Å². The van der Waals surface area contributed by atoms with Gasteiger partial charge in [0, 0.05) is 32.4 Å². The van der Waals surface area contributed by atoms with Gasteiger partial charge in [0.15, 0.2) is 0 Å². The van der Waals surface area contributed by atoms with Gasteiger partial charge in [-0.1, -0.05) is 23.2 Å². The van der Waals surface area contributed by atoms with Gasteiger partial charge >= 0.3 is 0 Å². The van der Waals surface area contributed by atoms with Crippen molar-refractivity contribution in [3.8, 4) is 5.75 Å². The fourth-order valence-electron chi connectivity index (χ4n) is 2.28. The van der Waals surface area contributed by atoms with Gasteiger partial charge in [-0.2, -0.15) is 0 Å². The zero-order chi connectivity index (χ0) is 13.6. The van der Waals surface area contributed by atoms with Crippen LogP contribution in [-0.2, 0) is 0 Å². The first kappa shape index (κ1) is 12.5. The largest absolute Gasteiger partial charge is 0.497 e. The summed E-state index contributed by atoms with van der Waals surface area (Å²) in [7, 11) is 1.58. The molecule has 0 saturated heterocycles. The second-order valence-corrected chi connectivity index (χ2v) is 5.12.